The molecule has 7 nitrogen and oxygen atoms in total. The number of carbonyl (C=O) groups excluding carboxylic acids is 1. The quantitative estimate of drug-likeness (QED) is 0.414. The molecule has 2 atom stereocenters. The van der Waals surface area contributed by atoms with Crippen molar-refractivity contribution in [2.24, 2.45) is 0 Å². The molecule has 6 rings (SSSR count). The fourth-order valence-corrected chi connectivity index (χ4v) is 6.75. The number of carbonyl (C=O) groups is 1. The minimum absolute atomic E-state index is 0.128. The molecule has 0 unspecified atom stereocenters. The van der Waals surface area contributed by atoms with Gasteiger partial charge in [0.2, 0.25) is 10.0 Å². The van der Waals surface area contributed by atoms with Crippen LogP contribution in [-0.2, 0) is 10.0 Å². The van der Waals surface area contributed by atoms with Crippen molar-refractivity contribution in [1.29, 1.82) is 0 Å². The number of benzene rings is 3. The minimum atomic E-state index is -3.81. The largest absolute Gasteiger partial charge is 0.459 e. The monoisotopic (exact) mass is 521 g/mol. The van der Waals surface area contributed by atoms with Crippen LogP contribution < -0.4 is 4.72 Å². The highest BCUT2D eigenvalue weighted by Crippen LogP contribution is 2.47. The molecule has 9 heteroatoms. The topological polar surface area (TPSA) is 82.9 Å². The van der Waals surface area contributed by atoms with E-state index in [9.17, 15) is 13.2 Å². The first-order chi connectivity index (χ1) is 17.4. The Bertz CT molecular complexity index is 1520. The zero-order chi connectivity index (χ0) is 24.9. The van der Waals surface area contributed by atoms with Gasteiger partial charge in [-0.1, -0.05) is 48.0 Å². The van der Waals surface area contributed by atoms with Crippen molar-refractivity contribution in [3.63, 3.8) is 0 Å². The Morgan fingerprint density at radius 1 is 0.889 bits per heavy atom. The highest BCUT2D eigenvalue weighted by atomic mass is 35.5. The molecule has 36 heavy (non-hydrogen) atoms. The Balaban J connectivity index is 1.32. The summed E-state index contributed by atoms with van der Waals surface area (Å²) in [5.41, 5.74) is 2.05. The number of nitrogens with one attached hydrogen (secondary N) is 1. The van der Waals surface area contributed by atoms with E-state index >= 15 is 0 Å². The maximum absolute atomic E-state index is 13.4. The summed E-state index contributed by atoms with van der Waals surface area (Å²) in [6.45, 7) is 2.28. The molecular weight excluding hydrogens is 498 g/mol. The lowest BCUT2D eigenvalue weighted by Crippen LogP contribution is -2.51. The predicted molar refractivity (Wildman–Crippen MR) is 137 cm³/mol. The fraction of sp³-hybridized carbons (Fsp3) is 0.222. The van der Waals surface area contributed by atoms with Crippen LogP contribution in [0.4, 0.5) is 0 Å². The Hall–Kier alpha value is -3.17. The number of piperazine rings is 1. The maximum atomic E-state index is 13.4. The average molecular weight is 522 g/mol. The van der Waals surface area contributed by atoms with Crippen molar-refractivity contribution >= 4 is 38.3 Å². The van der Waals surface area contributed by atoms with Crippen LogP contribution in [0, 0.1) is 0 Å². The second-order valence-corrected chi connectivity index (χ2v) is 11.2. The summed E-state index contributed by atoms with van der Waals surface area (Å²) >= 11 is 5.98. The molecule has 2 aliphatic rings. The summed E-state index contributed by atoms with van der Waals surface area (Å²) in [5, 5.41) is 2.64. The number of rotatable bonds is 5. The lowest BCUT2D eigenvalue weighted by atomic mass is 10.0. The molecule has 2 heterocycles. The highest BCUT2D eigenvalue weighted by Gasteiger charge is 2.41. The van der Waals surface area contributed by atoms with Crippen molar-refractivity contribution in [3.8, 4) is 0 Å². The Morgan fingerprint density at radius 2 is 1.58 bits per heavy atom. The minimum Gasteiger partial charge on any atom is -0.459 e. The molecule has 0 radical (unpaired) electrons. The molecule has 1 amide bonds. The molecular formula is C27H24ClN3O4S. The second kappa shape index (κ2) is 9.05. The number of hydrogen-bond acceptors (Lipinski definition) is 5. The van der Waals surface area contributed by atoms with Crippen molar-refractivity contribution in [2.75, 3.05) is 26.2 Å². The van der Waals surface area contributed by atoms with Crippen molar-refractivity contribution < 1.29 is 17.6 Å². The first-order valence-electron chi connectivity index (χ1n) is 11.8. The summed E-state index contributed by atoms with van der Waals surface area (Å²) in [6.07, 6.45) is 1.50. The van der Waals surface area contributed by atoms with Crippen LogP contribution in [0.15, 0.2) is 88.4 Å². The average Bonchev–Trinajstić information content (AvgIpc) is 3.53. The van der Waals surface area contributed by atoms with Gasteiger partial charge in [-0.2, -0.15) is 0 Å². The molecule has 4 aromatic rings. The van der Waals surface area contributed by atoms with Crippen LogP contribution in [0.1, 0.15) is 33.8 Å². The van der Waals surface area contributed by atoms with Gasteiger partial charge in [-0.15, -0.1) is 0 Å². The number of amides is 1. The van der Waals surface area contributed by atoms with Gasteiger partial charge in [0.1, 0.15) is 0 Å². The third kappa shape index (κ3) is 4.00. The summed E-state index contributed by atoms with van der Waals surface area (Å²) < 4.78 is 35.2. The second-order valence-electron chi connectivity index (χ2n) is 9.10. The summed E-state index contributed by atoms with van der Waals surface area (Å²) in [4.78, 5) is 17.0. The zero-order valence-corrected chi connectivity index (χ0v) is 20.9. The highest BCUT2D eigenvalue weighted by molar-refractivity contribution is 7.89. The Labute approximate surface area is 214 Å². The van der Waals surface area contributed by atoms with Crippen LogP contribution in [-0.4, -0.2) is 50.3 Å². The van der Waals surface area contributed by atoms with E-state index in [2.05, 4.69) is 27.8 Å². The van der Waals surface area contributed by atoms with Gasteiger partial charge < -0.3 is 9.32 Å². The third-order valence-corrected chi connectivity index (χ3v) is 8.78. The number of halogens is 1. The Kier molecular flexibility index (Phi) is 5.84. The SMILES string of the molecule is O=C(c1ccco1)N1CCN([C@@H]2c3cccc4cccc(c34)[C@H]2NS(=O)(=O)c2ccc(Cl)cc2)CC1. The summed E-state index contributed by atoms with van der Waals surface area (Å²) in [5.74, 6) is 0.201. The molecule has 1 N–H and O–H groups in total. The van der Waals surface area contributed by atoms with Gasteiger partial charge in [0.15, 0.2) is 5.76 Å². The van der Waals surface area contributed by atoms with Crippen molar-refractivity contribution in [1.82, 2.24) is 14.5 Å². The molecule has 0 spiro atoms. The van der Waals surface area contributed by atoms with E-state index < -0.39 is 16.1 Å². The zero-order valence-electron chi connectivity index (χ0n) is 19.3. The molecule has 1 saturated heterocycles. The van der Waals surface area contributed by atoms with Crippen LogP contribution in [0.3, 0.4) is 0 Å². The van der Waals surface area contributed by atoms with Crippen molar-refractivity contribution in [3.05, 3.63) is 101 Å². The van der Waals surface area contributed by atoms with E-state index in [4.69, 9.17) is 16.0 Å². The lowest BCUT2D eigenvalue weighted by molar-refractivity contribution is 0.0512. The molecule has 1 aliphatic heterocycles. The molecule has 3 aromatic carbocycles. The van der Waals surface area contributed by atoms with Gasteiger partial charge >= 0.3 is 0 Å². The van der Waals surface area contributed by atoms with Crippen LogP contribution in [0.25, 0.3) is 10.8 Å². The predicted octanol–water partition coefficient (Wildman–Crippen LogP) is 4.62. The Morgan fingerprint density at radius 3 is 2.25 bits per heavy atom. The van der Waals surface area contributed by atoms with Crippen LogP contribution in [0.5, 0.6) is 0 Å². The van der Waals surface area contributed by atoms with Gasteiger partial charge in [0.25, 0.3) is 5.91 Å². The maximum Gasteiger partial charge on any atom is 0.289 e. The van der Waals surface area contributed by atoms with Gasteiger partial charge in [0.05, 0.1) is 23.2 Å². The van der Waals surface area contributed by atoms with Gasteiger partial charge in [0, 0.05) is 31.2 Å². The van der Waals surface area contributed by atoms with Crippen molar-refractivity contribution in [2.45, 2.75) is 17.0 Å². The summed E-state index contributed by atoms with van der Waals surface area (Å²) in [7, 11) is -3.81. The molecule has 184 valence electrons. The standard InChI is InChI=1S/C27H24ClN3O4S/c28-19-9-11-20(12-10-19)36(33,34)29-25-21-6-1-4-18-5-2-7-22(24(18)21)26(25)30-13-15-31(16-14-30)27(32)23-8-3-17-35-23/h1-12,17,25-26,29H,13-16H2/t25-,26-/m1/s1. The van der Waals surface area contributed by atoms with E-state index in [1.807, 2.05) is 18.2 Å². The lowest BCUT2D eigenvalue weighted by Gasteiger charge is -2.40. The van der Waals surface area contributed by atoms with E-state index in [0.717, 1.165) is 21.9 Å². The molecule has 0 bridgehead atoms. The smallest absolute Gasteiger partial charge is 0.289 e. The molecule has 1 aromatic heterocycles. The van der Waals surface area contributed by atoms with Crippen LogP contribution in [0.2, 0.25) is 5.02 Å². The summed E-state index contributed by atoms with van der Waals surface area (Å²) in [6, 6.07) is 21.0. The molecule has 1 aliphatic carbocycles. The number of sulfonamides is 1. The molecule has 0 saturated carbocycles. The number of hydrogen-bond donors (Lipinski definition) is 1. The fourth-order valence-electron chi connectivity index (χ4n) is 5.40. The number of nitrogens with zero attached hydrogens (tertiary/aromatic N) is 2. The molecule has 1 fully saturated rings. The normalized spacial score (nSPS) is 20.2. The van der Waals surface area contributed by atoms with E-state index in [1.54, 1.807) is 29.2 Å². The van der Waals surface area contributed by atoms with E-state index in [1.165, 1.54) is 18.4 Å². The van der Waals surface area contributed by atoms with Gasteiger partial charge in [-0.05, 0) is 58.3 Å². The first-order valence-corrected chi connectivity index (χ1v) is 13.6. The van der Waals surface area contributed by atoms with Crippen LogP contribution >= 0.6 is 11.6 Å². The first kappa shape index (κ1) is 23.2. The number of furan rings is 1. The van der Waals surface area contributed by atoms with E-state index in [0.29, 0.717) is 37.0 Å². The van der Waals surface area contributed by atoms with Gasteiger partial charge in [-0.3, -0.25) is 9.69 Å². The van der Waals surface area contributed by atoms with Gasteiger partial charge in [-0.25, -0.2) is 13.1 Å². The van der Waals surface area contributed by atoms with E-state index in [-0.39, 0.29) is 16.8 Å². The third-order valence-electron chi connectivity index (χ3n) is 7.07.